The van der Waals surface area contributed by atoms with Gasteiger partial charge in [-0.3, -0.25) is 9.48 Å². The molecule has 21 heavy (non-hydrogen) atoms. The van der Waals surface area contributed by atoms with Gasteiger partial charge in [0.1, 0.15) is 5.69 Å². The van der Waals surface area contributed by atoms with Crippen LogP contribution in [0.2, 0.25) is 0 Å². The van der Waals surface area contributed by atoms with Crippen LogP contribution in [-0.4, -0.2) is 26.8 Å². The molecule has 0 aliphatic carbocycles. The lowest BCUT2D eigenvalue weighted by molar-refractivity contribution is 0.0698. The number of carbonyl (C=O) groups excluding carboxylic acids is 1. The molecule has 0 spiro atoms. The molecule has 0 fully saturated rings. The first kappa shape index (κ1) is 14.6. The number of aryl methyl sites for hydroxylation is 2. The number of carboxylic acids is 1. The van der Waals surface area contributed by atoms with Gasteiger partial charge in [0.15, 0.2) is 0 Å². The lowest BCUT2D eigenvalue weighted by atomic mass is 10.1. The van der Waals surface area contributed by atoms with Crippen LogP contribution in [0.25, 0.3) is 0 Å². The SMILES string of the molecule is CCc1cc(C(=O)Nc2ccc(N)cc2C(=O)O)n(C)n1. The van der Waals surface area contributed by atoms with E-state index in [1.54, 1.807) is 13.1 Å². The third-order valence-electron chi connectivity index (χ3n) is 3.05. The molecule has 0 radical (unpaired) electrons. The zero-order valence-corrected chi connectivity index (χ0v) is 11.8. The van der Waals surface area contributed by atoms with Gasteiger partial charge in [0.2, 0.25) is 0 Å². The number of anilines is 2. The van der Waals surface area contributed by atoms with Crippen molar-refractivity contribution in [3.63, 3.8) is 0 Å². The number of carboxylic acid groups (broad SMARTS) is 1. The number of aromatic nitrogens is 2. The minimum Gasteiger partial charge on any atom is -0.478 e. The Morgan fingerprint density at radius 3 is 2.67 bits per heavy atom. The molecular weight excluding hydrogens is 272 g/mol. The molecule has 7 nitrogen and oxygen atoms in total. The molecule has 1 aromatic carbocycles. The molecular formula is C14H16N4O3. The minimum absolute atomic E-state index is 0.0544. The zero-order chi connectivity index (χ0) is 15.6. The third kappa shape index (κ3) is 3.02. The van der Waals surface area contributed by atoms with E-state index in [0.717, 1.165) is 5.69 Å². The Balaban J connectivity index is 2.31. The fraction of sp³-hybridized carbons (Fsp3) is 0.214. The maximum atomic E-state index is 12.2. The average Bonchev–Trinajstić information content (AvgIpc) is 2.82. The maximum Gasteiger partial charge on any atom is 0.337 e. The molecule has 0 atom stereocenters. The third-order valence-corrected chi connectivity index (χ3v) is 3.05. The van der Waals surface area contributed by atoms with Gasteiger partial charge in [-0.2, -0.15) is 5.10 Å². The molecule has 2 rings (SSSR count). The number of nitrogens with one attached hydrogen (secondary N) is 1. The number of nitrogens with zero attached hydrogens (tertiary/aromatic N) is 2. The number of amides is 1. The van der Waals surface area contributed by atoms with E-state index in [1.165, 1.54) is 22.9 Å². The number of nitrogen functional groups attached to an aromatic ring is 1. The average molecular weight is 288 g/mol. The second kappa shape index (κ2) is 5.66. The predicted octanol–water partition coefficient (Wildman–Crippen LogP) is 1.52. The molecule has 1 amide bonds. The van der Waals surface area contributed by atoms with E-state index in [0.29, 0.717) is 17.8 Å². The summed E-state index contributed by atoms with van der Waals surface area (Å²) in [6, 6.07) is 5.97. The monoisotopic (exact) mass is 288 g/mol. The normalized spacial score (nSPS) is 10.4. The fourth-order valence-corrected chi connectivity index (χ4v) is 1.95. The van der Waals surface area contributed by atoms with E-state index >= 15 is 0 Å². The van der Waals surface area contributed by atoms with Crippen molar-refractivity contribution in [2.24, 2.45) is 7.05 Å². The number of rotatable bonds is 4. The number of hydrogen-bond acceptors (Lipinski definition) is 4. The molecule has 1 heterocycles. The fourth-order valence-electron chi connectivity index (χ4n) is 1.95. The summed E-state index contributed by atoms with van der Waals surface area (Å²) in [6.07, 6.45) is 0.712. The molecule has 2 aromatic rings. The van der Waals surface area contributed by atoms with Crippen LogP contribution in [-0.2, 0) is 13.5 Å². The Morgan fingerprint density at radius 2 is 2.10 bits per heavy atom. The summed E-state index contributed by atoms with van der Waals surface area (Å²) in [6.45, 7) is 1.94. The summed E-state index contributed by atoms with van der Waals surface area (Å²) in [5.41, 5.74) is 7.17. The minimum atomic E-state index is -1.16. The van der Waals surface area contributed by atoms with Gasteiger partial charge in [-0.15, -0.1) is 0 Å². The molecule has 0 aliphatic rings. The Kier molecular flexibility index (Phi) is 3.93. The summed E-state index contributed by atoms with van der Waals surface area (Å²) in [5.74, 6) is -1.58. The maximum absolute atomic E-state index is 12.2. The Morgan fingerprint density at radius 1 is 1.38 bits per heavy atom. The van der Waals surface area contributed by atoms with E-state index in [1.807, 2.05) is 6.92 Å². The Labute approximate surface area is 121 Å². The molecule has 0 unspecified atom stereocenters. The van der Waals surface area contributed by atoms with Crippen molar-refractivity contribution in [3.8, 4) is 0 Å². The van der Waals surface area contributed by atoms with E-state index in [9.17, 15) is 9.59 Å². The molecule has 0 saturated heterocycles. The van der Waals surface area contributed by atoms with Crippen molar-refractivity contribution in [1.82, 2.24) is 9.78 Å². The van der Waals surface area contributed by atoms with Crippen LogP contribution in [0, 0.1) is 0 Å². The Bertz CT molecular complexity index is 706. The lowest BCUT2D eigenvalue weighted by Gasteiger charge is -2.09. The summed E-state index contributed by atoms with van der Waals surface area (Å²) < 4.78 is 1.46. The second-order valence-corrected chi connectivity index (χ2v) is 4.56. The van der Waals surface area contributed by atoms with Crippen LogP contribution >= 0.6 is 0 Å². The number of carbonyl (C=O) groups is 2. The van der Waals surface area contributed by atoms with Crippen molar-refractivity contribution in [1.29, 1.82) is 0 Å². The molecule has 7 heteroatoms. The predicted molar refractivity (Wildman–Crippen MR) is 78.4 cm³/mol. The molecule has 0 saturated carbocycles. The van der Waals surface area contributed by atoms with Gasteiger partial charge in [0, 0.05) is 12.7 Å². The van der Waals surface area contributed by atoms with Crippen molar-refractivity contribution < 1.29 is 14.7 Å². The van der Waals surface area contributed by atoms with E-state index < -0.39 is 11.9 Å². The summed E-state index contributed by atoms with van der Waals surface area (Å²) in [4.78, 5) is 23.4. The van der Waals surface area contributed by atoms with Crippen LogP contribution in [0.15, 0.2) is 24.3 Å². The lowest BCUT2D eigenvalue weighted by Crippen LogP contribution is -2.18. The molecule has 4 N–H and O–H groups in total. The molecule has 0 aliphatic heterocycles. The quantitative estimate of drug-likeness (QED) is 0.739. The second-order valence-electron chi connectivity index (χ2n) is 4.56. The van der Waals surface area contributed by atoms with Crippen LogP contribution < -0.4 is 11.1 Å². The van der Waals surface area contributed by atoms with E-state index in [2.05, 4.69) is 10.4 Å². The van der Waals surface area contributed by atoms with E-state index in [4.69, 9.17) is 10.8 Å². The highest BCUT2D eigenvalue weighted by Gasteiger charge is 2.17. The highest BCUT2D eigenvalue weighted by molar-refractivity contribution is 6.07. The highest BCUT2D eigenvalue weighted by atomic mass is 16.4. The first-order chi connectivity index (χ1) is 9.92. The first-order valence-corrected chi connectivity index (χ1v) is 6.39. The van der Waals surface area contributed by atoms with Crippen LogP contribution in [0.4, 0.5) is 11.4 Å². The van der Waals surface area contributed by atoms with Gasteiger partial charge in [-0.1, -0.05) is 6.92 Å². The number of nitrogens with two attached hydrogens (primary N) is 1. The molecule has 0 bridgehead atoms. The summed E-state index contributed by atoms with van der Waals surface area (Å²) >= 11 is 0. The van der Waals surface area contributed by atoms with Gasteiger partial charge in [0.05, 0.1) is 16.9 Å². The van der Waals surface area contributed by atoms with Gasteiger partial charge < -0.3 is 16.2 Å². The molecule has 1 aromatic heterocycles. The van der Waals surface area contributed by atoms with Crippen LogP contribution in [0.5, 0.6) is 0 Å². The van der Waals surface area contributed by atoms with Gasteiger partial charge in [-0.25, -0.2) is 4.79 Å². The van der Waals surface area contributed by atoms with Crippen molar-refractivity contribution in [3.05, 3.63) is 41.2 Å². The van der Waals surface area contributed by atoms with E-state index in [-0.39, 0.29) is 11.3 Å². The smallest absolute Gasteiger partial charge is 0.337 e. The van der Waals surface area contributed by atoms with Crippen molar-refractivity contribution >= 4 is 23.3 Å². The molecule has 110 valence electrons. The summed E-state index contributed by atoms with van der Waals surface area (Å²) in [5, 5.41) is 15.9. The largest absolute Gasteiger partial charge is 0.478 e. The van der Waals surface area contributed by atoms with Crippen LogP contribution in [0.3, 0.4) is 0 Å². The van der Waals surface area contributed by atoms with Crippen molar-refractivity contribution in [2.45, 2.75) is 13.3 Å². The van der Waals surface area contributed by atoms with Gasteiger partial charge in [0.25, 0.3) is 5.91 Å². The standard InChI is InChI=1S/C14H16N4O3/c1-3-9-7-12(18(2)17-9)13(19)16-11-5-4-8(15)6-10(11)14(20)21/h4-7H,3,15H2,1-2H3,(H,16,19)(H,20,21). The highest BCUT2D eigenvalue weighted by Crippen LogP contribution is 2.20. The summed E-state index contributed by atoms with van der Waals surface area (Å²) in [7, 11) is 1.66. The topological polar surface area (TPSA) is 110 Å². The zero-order valence-electron chi connectivity index (χ0n) is 11.8. The van der Waals surface area contributed by atoms with Crippen molar-refractivity contribution in [2.75, 3.05) is 11.1 Å². The number of benzene rings is 1. The Hall–Kier alpha value is -2.83. The first-order valence-electron chi connectivity index (χ1n) is 6.39. The van der Waals surface area contributed by atoms with Gasteiger partial charge >= 0.3 is 5.97 Å². The van der Waals surface area contributed by atoms with Crippen LogP contribution in [0.1, 0.15) is 33.5 Å². The number of aromatic carboxylic acids is 1. The van der Waals surface area contributed by atoms with Gasteiger partial charge in [-0.05, 0) is 30.7 Å². The number of hydrogen-bond donors (Lipinski definition) is 3.